The molecule has 2 nitrogen and oxygen atoms in total. The molecule has 0 spiro atoms. The van der Waals surface area contributed by atoms with Gasteiger partial charge in [0.05, 0.1) is 19.5 Å². The van der Waals surface area contributed by atoms with E-state index in [1.165, 1.54) is 11.3 Å². The van der Waals surface area contributed by atoms with Crippen LogP contribution in [0.4, 0.5) is 0 Å². The van der Waals surface area contributed by atoms with Crippen molar-refractivity contribution in [3.8, 4) is 9.75 Å². The number of hydrogen-bond donors (Lipinski definition) is 0. The zero-order valence-corrected chi connectivity index (χ0v) is 10.4. The first-order valence-corrected chi connectivity index (χ1v) is 7.84. The highest BCUT2D eigenvalue weighted by Crippen LogP contribution is 2.50. The maximum atomic E-state index is 12.2. The zero-order valence-electron chi connectivity index (χ0n) is 7.98. The van der Waals surface area contributed by atoms with Gasteiger partial charge in [0.25, 0.3) is 0 Å². The second-order valence-electron chi connectivity index (χ2n) is 3.39. The maximum absolute atomic E-state index is 12.2. The van der Waals surface area contributed by atoms with Crippen LogP contribution in [0.25, 0.3) is 9.75 Å². The lowest BCUT2D eigenvalue weighted by atomic mass is 10.2. The van der Waals surface area contributed by atoms with Crippen LogP contribution in [0.2, 0.25) is 0 Å². The van der Waals surface area contributed by atoms with Crippen molar-refractivity contribution in [3.05, 3.63) is 22.4 Å². The minimum atomic E-state index is -3.20. The fourth-order valence-corrected chi connectivity index (χ4v) is 6.83. The molecular formula is C10H8O2S3. The molecule has 0 bridgehead atoms. The van der Waals surface area contributed by atoms with Crippen molar-refractivity contribution in [1.82, 2.24) is 0 Å². The zero-order chi connectivity index (χ0) is 10.6. The molecule has 0 amide bonds. The third-order valence-electron chi connectivity index (χ3n) is 2.59. The van der Waals surface area contributed by atoms with Crippen LogP contribution >= 0.6 is 22.7 Å². The van der Waals surface area contributed by atoms with Gasteiger partial charge in [0.2, 0.25) is 9.84 Å². The molecule has 0 fully saturated rings. The smallest absolute Gasteiger partial charge is 0.209 e. The molecule has 3 rings (SSSR count). The van der Waals surface area contributed by atoms with Crippen molar-refractivity contribution in [3.63, 3.8) is 0 Å². The third-order valence-corrected chi connectivity index (χ3v) is 6.88. The molecule has 0 saturated heterocycles. The summed E-state index contributed by atoms with van der Waals surface area (Å²) in [7, 11) is -3.20. The van der Waals surface area contributed by atoms with Gasteiger partial charge in [0.15, 0.2) is 0 Å². The molecule has 0 saturated carbocycles. The largest absolute Gasteiger partial charge is 0.218 e. The van der Waals surface area contributed by atoms with E-state index in [0.29, 0.717) is 9.79 Å². The maximum Gasteiger partial charge on any atom is 0.209 e. The molecular weight excluding hydrogens is 248 g/mol. The molecule has 3 heterocycles. The standard InChI is InChI=1S/C10H8O2S3/c1-2-6-5-14-9-8-7(3-4-13-8)15(11,12)10(6)9/h3-5H,2H2,1H3. The van der Waals surface area contributed by atoms with Gasteiger partial charge in [0, 0.05) is 0 Å². The van der Waals surface area contributed by atoms with Gasteiger partial charge in [-0.15, -0.1) is 22.7 Å². The first kappa shape index (κ1) is 9.57. The molecule has 1 aliphatic rings. The van der Waals surface area contributed by atoms with E-state index >= 15 is 0 Å². The summed E-state index contributed by atoms with van der Waals surface area (Å²) in [6, 6.07) is 1.71. The second-order valence-corrected chi connectivity index (χ2v) is 7.04. The minimum absolute atomic E-state index is 0.504. The number of sulfone groups is 1. The molecule has 2 aromatic heterocycles. The van der Waals surface area contributed by atoms with Gasteiger partial charge in [-0.1, -0.05) is 6.92 Å². The third kappa shape index (κ3) is 1.06. The molecule has 5 heteroatoms. The fourth-order valence-electron chi connectivity index (χ4n) is 1.86. The van der Waals surface area contributed by atoms with Crippen LogP contribution in [0.1, 0.15) is 12.5 Å². The van der Waals surface area contributed by atoms with E-state index in [1.807, 2.05) is 17.7 Å². The van der Waals surface area contributed by atoms with Crippen LogP contribution in [0, 0.1) is 0 Å². The van der Waals surface area contributed by atoms with Crippen molar-refractivity contribution in [2.45, 2.75) is 23.1 Å². The fraction of sp³-hybridized carbons (Fsp3) is 0.200. The lowest BCUT2D eigenvalue weighted by Crippen LogP contribution is -1.97. The molecule has 2 aromatic rings. The molecule has 0 aliphatic carbocycles. The van der Waals surface area contributed by atoms with Gasteiger partial charge in [-0.25, -0.2) is 8.42 Å². The van der Waals surface area contributed by atoms with Crippen LogP contribution in [0.3, 0.4) is 0 Å². The Hall–Kier alpha value is -0.650. The van der Waals surface area contributed by atoms with E-state index in [1.54, 1.807) is 17.4 Å². The summed E-state index contributed by atoms with van der Waals surface area (Å²) in [5.41, 5.74) is 0.957. The van der Waals surface area contributed by atoms with E-state index in [4.69, 9.17) is 0 Å². The van der Waals surface area contributed by atoms with Gasteiger partial charge in [-0.2, -0.15) is 0 Å². The predicted octanol–water partition coefficient (Wildman–Crippen LogP) is 3.19. The Morgan fingerprint density at radius 1 is 1.27 bits per heavy atom. The Bertz CT molecular complexity index is 631. The summed E-state index contributed by atoms with van der Waals surface area (Å²) in [5, 5.41) is 3.81. The Kier molecular flexibility index (Phi) is 1.87. The Morgan fingerprint density at radius 3 is 2.80 bits per heavy atom. The molecule has 0 N–H and O–H groups in total. The highest BCUT2D eigenvalue weighted by molar-refractivity contribution is 7.92. The summed E-state index contributed by atoms with van der Waals surface area (Å²) in [6.07, 6.45) is 0.778. The molecule has 0 radical (unpaired) electrons. The molecule has 0 unspecified atom stereocenters. The number of aryl methyl sites for hydroxylation is 1. The number of hydrogen-bond acceptors (Lipinski definition) is 4. The lowest BCUT2D eigenvalue weighted by Gasteiger charge is -1.97. The number of fused-ring (bicyclic) bond motifs is 3. The average Bonchev–Trinajstić information content (AvgIpc) is 2.85. The van der Waals surface area contributed by atoms with Crippen molar-refractivity contribution in [2.24, 2.45) is 0 Å². The van der Waals surface area contributed by atoms with Gasteiger partial charge >= 0.3 is 0 Å². The molecule has 0 atom stereocenters. The van der Waals surface area contributed by atoms with Crippen molar-refractivity contribution in [1.29, 1.82) is 0 Å². The summed E-state index contributed by atoms with van der Waals surface area (Å²) in [4.78, 5) is 2.94. The highest BCUT2D eigenvalue weighted by atomic mass is 32.2. The van der Waals surface area contributed by atoms with E-state index in [9.17, 15) is 8.42 Å². The Balaban J connectivity index is 2.46. The second kappa shape index (κ2) is 2.93. The quantitative estimate of drug-likeness (QED) is 0.670. The van der Waals surface area contributed by atoms with E-state index in [2.05, 4.69) is 0 Å². The van der Waals surface area contributed by atoms with Crippen LogP contribution in [-0.2, 0) is 16.3 Å². The first-order chi connectivity index (χ1) is 7.16. The summed E-state index contributed by atoms with van der Waals surface area (Å²) in [6.45, 7) is 1.99. The van der Waals surface area contributed by atoms with E-state index in [-0.39, 0.29) is 0 Å². The van der Waals surface area contributed by atoms with Crippen molar-refractivity contribution >= 4 is 32.5 Å². The van der Waals surface area contributed by atoms with Gasteiger partial charge in [-0.3, -0.25) is 0 Å². The number of thiophene rings is 2. The Morgan fingerprint density at radius 2 is 2.07 bits per heavy atom. The lowest BCUT2D eigenvalue weighted by molar-refractivity contribution is 0.598. The highest BCUT2D eigenvalue weighted by Gasteiger charge is 2.37. The first-order valence-electron chi connectivity index (χ1n) is 4.59. The minimum Gasteiger partial charge on any atom is -0.218 e. The SMILES string of the molecule is CCc1csc2c1S(=O)(=O)c1ccsc1-2. The van der Waals surface area contributed by atoms with Crippen LogP contribution in [-0.4, -0.2) is 8.42 Å². The normalized spacial score (nSPS) is 16.3. The monoisotopic (exact) mass is 256 g/mol. The summed E-state index contributed by atoms with van der Waals surface area (Å²) < 4.78 is 24.4. The van der Waals surface area contributed by atoms with Crippen LogP contribution in [0.15, 0.2) is 26.6 Å². The molecule has 1 aliphatic heterocycles. The van der Waals surface area contributed by atoms with Gasteiger partial charge < -0.3 is 0 Å². The van der Waals surface area contributed by atoms with Crippen LogP contribution < -0.4 is 0 Å². The molecule has 0 aromatic carbocycles. The molecule has 78 valence electrons. The Labute approximate surface area is 96.1 Å². The topological polar surface area (TPSA) is 34.1 Å². The predicted molar refractivity (Wildman–Crippen MR) is 62.5 cm³/mol. The summed E-state index contributed by atoms with van der Waals surface area (Å²) >= 11 is 3.06. The van der Waals surface area contributed by atoms with Gasteiger partial charge in [-0.05, 0) is 28.8 Å². The van der Waals surface area contributed by atoms with Crippen molar-refractivity contribution < 1.29 is 8.42 Å². The number of rotatable bonds is 1. The van der Waals surface area contributed by atoms with E-state index < -0.39 is 9.84 Å². The van der Waals surface area contributed by atoms with Gasteiger partial charge in [0.1, 0.15) is 0 Å². The van der Waals surface area contributed by atoms with E-state index in [0.717, 1.165) is 21.7 Å². The summed E-state index contributed by atoms with van der Waals surface area (Å²) in [5.74, 6) is 0. The average molecular weight is 256 g/mol. The van der Waals surface area contributed by atoms with Crippen molar-refractivity contribution in [2.75, 3.05) is 0 Å². The van der Waals surface area contributed by atoms with Crippen LogP contribution in [0.5, 0.6) is 0 Å². The molecule has 15 heavy (non-hydrogen) atoms.